The molecule has 1 aromatic heterocycles. The van der Waals surface area contributed by atoms with E-state index >= 15 is 0 Å². The number of rotatable bonds is 4. The van der Waals surface area contributed by atoms with Gasteiger partial charge < -0.3 is 0 Å². The summed E-state index contributed by atoms with van der Waals surface area (Å²) >= 11 is 1.75. The van der Waals surface area contributed by atoms with Crippen LogP contribution in [0.3, 0.4) is 0 Å². The lowest BCUT2D eigenvalue weighted by molar-refractivity contribution is 0.627. The first-order chi connectivity index (χ1) is 8.22. The van der Waals surface area contributed by atoms with Crippen molar-refractivity contribution in [1.82, 2.24) is 9.55 Å². The summed E-state index contributed by atoms with van der Waals surface area (Å²) in [6, 6.07) is 4.06. The van der Waals surface area contributed by atoms with Crippen LogP contribution >= 0.6 is 11.8 Å². The Hall–Kier alpha value is -1.36. The van der Waals surface area contributed by atoms with Gasteiger partial charge in [-0.1, -0.05) is 0 Å². The number of nitrogens with zero attached hydrogens (tertiary/aromatic N) is 2. The van der Waals surface area contributed by atoms with Crippen LogP contribution < -0.4 is 5.56 Å². The van der Waals surface area contributed by atoms with Gasteiger partial charge in [0.2, 0.25) is 0 Å². The van der Waals surface area contributed by atoms with Crippen LogP contribution in [0, 0.1) is 5.82 Å². The standard InChI is InChI=1S/C12H13FN2OS/c1-17-6-2-5-15-8-14-11-7-9(13)3-4-10(11)12(15)16/h3-4,7-8H,2,5-6H2,1H3. The maximum Gasteiger partial charge on any atom is 0.261 e. The fourth-order valence-electron chi connectivity index (χ4n) is 1.67. The van der Waals surface area contributed by atoms with E-state index in [0.717, 1.165) is 12.2 Å². The molecule has 0 unspecified atom stereocenters. The number of aryl methyl sites for hydroxylation is 1. The van der Waals surface area contributed by atoms with E-state index in [4.69, 9.17) is 0 Å². The van der Waals surface area contributed by atoms with Crippen molar-refractivity contribution < 1.29 is 4.39 Å². The summed E-state index contributed by atoms with van der Waals surface area (Å²) in [7, 11) is 0. The van der Waals surface area contributed by atoms with Gasteiger partial charge in [0.15, 0.2) is 0 Å². The number of hydrogen-bond donors (Lipinski definition) is 0. The number of hydrogen-bond acceptors (Lipinski definition) is 3. The second-order valence-corrected chi connectivity index (χ2v) is 4.74. The van der Waals surface area contributed by atoms with Crippen LogP contribution in [0.4, 0.5) is 4.39 Å². The molecular formula is C12H13FN2OS. The minimum Gasteiger partial charge on any atom is -0.299 e. The van der Waals surface area contributed by atoms with E-state index in [2.05, 4.69) is 4.98 Å². The van der Waals surface area contributed by atoms with E-state index in [1.165, 1.54) is 24.5 Å². The molecule has 2 rings (SSSR count). The highest BCUT2D eigenvalue weighted by Crippen LogP contribution is 2.08. The Morgan fingerprint density at radius 1 is 1.47 bits per heavy atom. The summed E-state index contributed by atoms with van der Waals surface area (Å²) in [5.74, 6) is 0.637. The molecule has 0 radical (unpaired) electrons. The van der Waals surface area contributed by atoms with Gasteiger partial charge in [-0.05, 0) is 30.6 Å². The lowest BCUT2D eigenvalue weighted by Gasteiger charge is -2.05. The van der Waals surface area contributed by atoms with E-state index in [1.807, 2.05) is 6.26 Å². The Bertz CT molecular complexity index is 582. The molecule has 0 bridgehead atoms. The summed E-state index contributed by atoms with van der Waals surface area (Å²) in [5.41, 5.74) is 0.312. The van der Waals surface area contributed by atoms with Crippen LogP contribution in [-0.4, -0.2) is 21.6 Å². The molecule has 17 heavy (non-hydrogen) atoms. The van der Waals surface area contributed by atoms with Gasteiger partial charge in [0.25, 0.3) is 5.56 Å². The third-order valence-electron chi connectivity index (χ3n) is 2.53. The number of benzene rings is 1. The highest BCUT2D eigenvalue weighted by Gasteiger charge is 2.04. The summed E-state index contributed by atoms with van der Waals surface area (Å²) in [4.78, 5) is 16.1. The topological polar surface area (TPSA) is 34.9 Å². The lowest BCUT2D eigenvalue weighted by Crippen LogP contribution is -2.21. The van der Waals surface area contributed by atoms with Crippen molar-refractivity contribution in [3.63, 3.8) is 0 Å². The summed E-state index contributed by atoms with van der Waals surface area (Å²) in [6.45, 7) is 0.653. The molecule has 0 fully saturated rings. The molecule has 0 aliphatic carbocycles. The normalized spacial score (nSPS) is 10.9. The minimum atomic E-state index is -0.371. The first-order valence-corrected chi connectivity index (χ1v) is 6.75. The molecule has 90 valence electrons. The Kier molecular flexibility index (Phi) is 3.78. The van der Waals surface area contributed by atoms with Crippen LogP contribution in [0.5, 0.6) is 0 Å². The van der Waals surface area contributed by atoms with Crippen LogP contribution in [0.2, 0.25) is 0 Å². The average molecular weight is 252 g/mol. The molecule has 1 aromatic carbocycles. The van der Waals surface area contributed by atoms with Crippen LogP contribution in [0.25, 0.3) is 10.9 Å². The third-order valence-corrected chi connectivity index (χ3v) is 3.23. The molecule has 0 aliphatic heterocycles. The summed E-state index contributed by atoms with van der Waals surface area (Å²) in [6.07, 6.45) is 4.45. The van der Waals surface area contributed by atoms with Gasteiger partial charge in [0.05, 0.1) is 17.2 Å². The Morgan fingerprint density at radius 3 is 3.06 bits per heavy atom. The van der Waals surface area contributed by atoms with Gasteiger partial charge in [0.1, 0.15) is 5.82 Å². The SMILES string of the molecule is CSCCCn1cnc2cc(F)ccc2c1=O. The molecule has 0 aliphatic rings. The Morgan fingerprint density at radius 2 is 2.29 bits per heavy atom. The minimum absolute atomic E-state index is 0.101. The highest BCUT2D eigenvalue weighted by molar-refractivity contribution is 7.98. The first-order valence-electron chi connectivity index (χ1n) is 5.36. The van der Waals surface area contributed by atoms with E-state index < -0.39 is 0 Å². The predicted octanol–water partition coefficient (Wildman–Crippen LogP) is 2.29. The number of halogens is 1. The zero-order chi connectivity index (χ0) is 12.3. The molecule has 2 aromatic rings. The largest absolute Gasteiger partial charge is 0.299 e. The first kappa shape index (κ1) is 12.1. The van der Waals surface area contributed by atoms with Gasteiger partial charge in [0, 0.05) is 12.6 Å². The summed E-state index contributed by atoms with van der Waals surface area (Å²) in [5, 5.41) is 0.470. The smallest absolute Gasteiger partial charge is 0.261 e. The number of fused-ring (bicyclic) bond motifs is 1. The van der Waals surface area contributed by atoms with Crippen molar-refractivity contribution in [2.45, 2.75) is 13.0 Å². The third kappa shape index (κ3) is 2.66. The molecule has 1 heterocycles. The Balaban J connectivity index is 2.37. The molecule has 5 heteroatoms. The number of aromatic nitrogens is 2. The van der Waals surface area contributed by atoms with E-state index in [-0.39, 0.29) is 11.4 Å². The van der Waals surface area contributed by atoms with Gasteiger partial charge in [-0.15, -0.1) is 0 Å². The van der Waals surface area contributed by atoms with Crippen molar-refractivity contribution in [3.05, 3.63) is 40.7 Å². The van der Waals surface area contributed by atoms with Crippen molar-refractivity contribution in [2.75, 3.05) is 12.0 Å². The lowest BCUT2D eigenvalue weighted by atomic mass is 10.2. The fraction of sp³-hybridized carbons (Fsp3) is 0.333. The molecule has 3 nitrogen and oxygen atoms in total. The van der Waals surface area contributed by atoms with Crippen LogP contribution in [0.15, 0.2) is 29.3 Å². The average Bonchev–Trinajstić information content (AvgIpc) is 2.32. The van der Waals surface area contributed by atoms with E-state index in [9.17, 15) is 9.18 Å². The van der Waals surface area contributed by atoms with Crippen molar-refractivity contribution in [2.24, 2.45) is 0 Å². The quantitative estimate of drug-likeness (QED) is 0.783. The summed E-state index contributed by atoms with van der Waals surface area (Å²) < 4.78 is 14.5. The molecule has 0 saturated carbocycles. The molecule has 0 spiro atoms. The molecule has 0 N–H and O–H groups in total. The highest BCUT2D eigenvalue weighted by atomic mass is 32.2. The predicted molar refractivity (Wildman–Crippen MR) is 69.0 cm³/mol. The fourth-order valence-corrected chi connectivity index (χ4v) is 2.09. The van der Waals surface area contributed by atoms with Crippen LogP contribution in [0.1, 0.15) is 6.42 Å². The molecule has 0 amide bonds. The second kappa shape index (κ2) is 5.31. The maximum absolute atomic E-state index is 13.0. The zero-order valence-electron chi connectivity index (χ0n) is 9.52. The Labute approximate surface area is 103 Å². The molecular weight excluding hydrogens is 239 g/mol. The van der Waals surface area contributed by atoms with E-state index in [1.54, 1.807) is 16.3 Å². The zero-order valence-corrected chi connectivity index (χ0v) is 10.3. The van der Waals surface area contributed by atoms with Crippen molar-refractivity contribution >= 4 is 22.7 Å². The molecule has 0 atom stereocenters. The second-order valence-electron chi connectivity index (χ2n) is 3.75. The van der Waals surface area contributed by atoms with Gasteiger partial charge in [-0.25, -0.2) is 9.37 Å². The van der Waals surface area contributed by atoms with Crippen molar-refractivity contribution in [1.29, 1.82) is 0 Å². The maximum atomic E-state index is 13.0. The van der Waals surface area contributed by atoms with Gasteiger partial charge in [-0.2, -0.15) is 11.8 Å². The molecule has 0 saturated heterocycles. The van der Waals surface area contributed by atoms with Crippen molar-refractivity contribution in [3.8, 4) is 0 Å². The van der Waals surface area contributed by atoms with Gasteiger partial charge >= 0.3 is 0 Å². The van der Waals surface area contributed by atoms with E-state index in [0.29, 0.717) is 17.4 Å². The monoisotopic (exact) mass is 252 g/mol. The number of thioether (sulfide) groups is 1. The van der Waals surface area contributed by atoms with Crippen LogP contribution in [-0.2, 0) is 6.54 Å². The van der Waals surface area contributed by atoms with Gasteiger partial charge in [-0.3, -0.25) is 9.36 Å².